The van der Waals surface area contributed by atoms with Crippen LogP contribution in [-0.4, -0.2) is 28.3 Å². The van der Waals surface area contributed by atoms with Gasteiger partial charge in [0, 0.05) is 23.5 Å². The second kappa shape index (κ2) is 6.12. The molecule has 1 aliphatic carbocycles. The van der Waals surface area contributed by atoms with Crippen LogP contribution >= 0.6 is 0 Å². The van der Waals surface area contributed by atoms with E-state index in [9.17, 15) is 5.11 Å². The lowest BCUT2D eigenvalue weighted by molar-refractivity contribution is -0.00366. The molecule has 0 spiro atoms. The second-order valence-corrected chi connectivity index (χ2v) is 6.23. The first-order valence-electron chi connectivity index (χ1n) is 7.99. The van der Waals surface area contributed by atoms with Gasteiger partial charge >= 0.3 is 0 Å². The molecule has 0 bridgehead atoms. The molecule has 3 heteroatoms. The van der Waals surface area contributed by atoms with Crippen molar-refractivity contribution in [2.45, 2.75) is 50.7 Å². The van der Waals surface area contributed by atoms with E-state index in [1.807, 2.05) is 18.2 Å². The lowest BCUT2D eigenvalue weighted by Gasteiger charge is -2.36. The highest BCUT2D eigenvalue weighted by molar-refractivity contribution is 5.78. The molecule has 0 radical (unpaired) electrons. The van der Waals surface area contributed by atoms with Gasteiger partial charge in [-0.1, -0.05) is 31.2 Å². The number of fused-ring (bicyclic) bond motifs is 1. The molecule has 1 heterocycles. The van der Waals surface area contributed by atoms with E-state index in [1.54, 1.807) is 0 Å². The largest absolute Gasteiger partial charge is 0.389 e. The Morgan fingerprint density at radius 1 is 1.19 bits per heavy atom. The number of benzene rings is 1. The highest BCUT2D eigenvalue weighted by Gasteiger charge is 2.33. The average molecular weight is 284 g/mol. The Bertz CT molecular complexity index is 603. The molecule has 21 heavy (non-hydrogen) atoms. The smallest absolute Gasteiger partial charge is 0.0705 e. The molecule has 0 atom stereocenters. The summed E-state index contributed by atoms with van der Waals surface area (Å²) in [6.07, 6.45) is 4.49. The highest BCUT2D eigenvalue weighted by Crippen LogP contribution is 2.31. The van der Waals surface area contributed by atoms with Crippen LogP contribution in [0.1, 0.15) is 38.3 Å². The predicted molar refractivity (Wildman–Crippen MR) is 86.3 cm³/mol. The highest BCUT2D eigenvalue weighted by atomic mass is 16.3. The summed E-state index contributed by atoms with van der Waals surface area (Å²) in [5, 5.41) is 15.5. The van der Waals surface area contributed by atoms with Crippen LogP contribution in [0.15, 0.2) is 36.4 Å². The fourth-order valence-electron chi connectivity index (χ4n) is 3.37. The minimum Gasteiger partial charge on any atom is -0.389 e. The zero-order valence-electron chi connectivity index (χ0n) is 12.7. The van der Waals surface area contributed by atoms with Crippen LogP contribution in [0.3, 0.4) is 0 Å². The maximum Gasteiger partial charge on any atom is 0.0705 e. The molecule has 1 fully saturated rings. The van der Waals surface area contributed by atoms with Crippen LogP contribution in [0.5, 0.6) is 0 Å². The van der Waals surface area contributed by atoms with E-state index in [1.165, 1.54) is 0 Å². The van der Waals surface area contributed by atoms with Crippen molar-refractivity contribution in [3.05, 3.63) is 42.1 Å². The molecule has 112 valence electrons. The van der Waals surface area contributed by atoms with Crippen LogP contribution in [0.2, 0.25) is 0 Å². The van der Waals surface area contributed by atoms with Crippen LogP contribution in [-0.2, 0) is 6.42 Å². The summed E-state index contributed by atoms with van der Waals surface area (Å²) in [5.74, 6) is 0. The van der Waals surface area contributed by atoms with Crippen molar-refractivity contribution in [2.24, 2.45) is 0 Å². The molecule has 1 saturated carbocycles. The van der Waals surface area contributed by atoms with Gasteiger partial charge in [0.05, 0.1) is 11.1 Å². The Balaban J connectivity index is 1.70. The molecular formula is C18H24N2O. The summed E-state index contributed by atoms with van der Waals surface area (Å²) < 4.78 is 0. The van der Waals surface area contributed by atoms with E-state index in [0.29, 0.717) is 12.5 Å². The van der Waals surface area contributed by atoms with Crippen molar-refractivity contribution in [3.8, 4) is 0 Å². The Morgan fingerprint density at radius 2 is 1.95 bits per heavy atom. The minimum absolute atomic E-state index is 0.569. The molecule has 0 saturated heterocycles. The monoisotopic (exact) mass is 284 g/mol. The Labute approximate surface area is 126 Å². The summed E-state index contributed by atoms with van der Waals surface area (Å²) in [6.45, 7) is 3.15. The van der Waals surface area contributed by atoms with Crippen molar-refractivity contribution in [3.63, 3.8) is 0 Å². The number of aromatic nitrogens is 1. The first kappa shape index (κ1) is 14.5. The second-order valence-electron chi connectivity index (χ2n) is 6.23. The molecule has 2 aromatic rings. The van der Waals surface area contributed by atoms with E-state index >= 15 is 0 Å². The number of pyridine rings is 1. The Kier molecular flexibility index (Phi) is 4.22. The average Bonchev–Trinajstić information content (AvgIpc) is 2.50. The van der Waals surface area contributed by atoms with E-state index in [2.05, 4.69) is 30.4 Å². The maximum atomic E-state index is 10.8. The van der Waals surface area contributed by atoms with Crippen LogP contribution < -0.4 is 5.32 Å². The summed E-state index contributed by atoms with van der Waals surface area (Å²) in [6, 6.07) is 12.9. The van der Waals surface area contributed by atoms with Gasteiger partial charge in [0.15, 0.2) is 0 Å². The van der Waals surface area contributed by atoms with E-state index in [0.717, 1.165) is 48.8 Å². The van der Waals surface area contributed by atoms with Gasteiger partial charge in [0.25, 0.3) is 0 Å². The number of aliphatic hydroxyl groups is 1. The van der Waals surface area contributed by atoms with Gasteiger partial charge in [-0.15, -0.1) is 0 Å². The Hall–Kier alpha value is -1.45. The molecule has 2 N–H and O–H groups in total. The minimum atomic E-state index is -0.582. The fourth-order valence-corrected chi connectivity index (χ4v) is 3.37. The zero-order chi connectivity index (χ0) is 14.7. The topological polar surface area (TPSA) is 45.1 Å². The van der Waals surface area contributed by atoms with E-state index in [4.69, 9.17) is 4.98 Å². The third kappa shape index (κ3) is 3.42. The summed E-state index contributed by atoms with van der Waals surface area (Å²) in [4.78, 5) is 4.69. The molecule has 3 rings (SSSR count). The number of nitrogens with one attached hydrogen (secondary N) is 1. The van der Waals surface area contributed by atoms with Gasteiger partial charge in [0.2, 0.25) is 0 Å². The van der Waals surface area contributed by atoms with Crippen molar-refractivity contribution in [1.29, 1.82) is 0 Å². The van der Waals surface area contributed by atoms with Crippen molar-refractivity contribution in [2.75, 3.05) is 6.54 Å². The van der Waals surface area contributed by atoms with Gasteiger partial charge in [-0.05, 0) is 44.4 Å². The fraction of sp³-hybridized carbons (Fsp3) is 0.500. The van der Waals surface area contributed by atoms with Gasteiger partial charge in [-0.25, -0.2) is 0 Å². The number of rotatable bonds is 4. The zero-order valence-corrected chi connectivity index (χ0v) is 12.7. The van der Waals surface area contributed by atoms with Crippen molar-refractivity contribution < 1.29 is 5.11 Å². The quantitative estimate of drug-likeness (QED) is 0.907. The first-order valence-corrected chi connectivity index (χ1v) is 7.99. The third-order valence-corrected chi connectivity index (χ3v) is 4.58. The summed E-state index contributed by atoms with van der Waals surface area (Å²) >= 11 is 0. The third-order valence-electron chi connectivity index (χ3n) is 4.58. The molecule has 0 aliphatic heterocycles. The maximum absolute atomic E-state index is 10.8. The molecule has 1 aromatic heterocycles. The van der Waals surface area contributed by atoms with E-state index < -0.39 is 5.60 Å². The van der Waals surface area contributed by atoms with Gasteiger partial charge in [-0.3, -0.25) is 4.98 Å². The Morgan fingerprint density at radius 3 is 2.71 bits per heavy atom. The van der Waals surface area contributed by atoms with Gasteiger partial charge in [-0.2, -0.15) is 0 Å². The first-order chi connectivity index (χ1) is 10.2. The SMILES string of the molecule is CCNC1CCC(O)(Cc2ccc3ccccc3n2)CC1. The molecule has 3 nitrogen and oxygen atoms in total. The molecule has 1 aliphatic rings. The molecule has 1 aromatic carbocycles. The number of para-hydroxylation sites is 1. The standard InChI is InChI=1S/C18H24N2O/c1-2-19-15-9-11-18(21,12-10-15)13-16-8-7-14-5-3-4-6-17(14)20-16/h3-8,15,19,21H,2,9-13H2,1H3. The van der Waals surface area contributed by atoms with Gasteiger partial charge in [0.1, 0.15) is 0 Å². The molecule has 0 unspecified atom stereocenters. The number of hydrogen-bond acceptors (Lipinski definition) is 3. The predicted octanol–water partition coefficient (Wildman–Crippen LogP) is 3.06. The number of nitrogens with zero attached hydrogens (tertiary/aromatic N) is 1. The van der Waals surface area contributed by atoms with E-state index in [-0.39, 0.29) is 0 Å². The van der Waals surface area contributed by atoms with Gasteiger partial charge < -0.3 is 10.4 Å². The molecule has 0 amide bonds. The van der Waals surface area contributed by atoms with Crippen LogP contribution in [0.4, 0.5) is 0 Å². The number of hydrogen-bond donors (Lipinski definition) is 2. The van der Waals surface area contributed by atoms with Crippen LogP contribution in [0, 0.1) is 0 Å². The van der Waals surface area contributed by atoms with Crippen LogP contribution in [0.25, 0.3) is 10.9 Å². The van der Waals surface area contributed by atoms with Crippen molar-refractivity contribution in [1.82, 2.24) is 10.3 Å². The van der Waals surface area contributed by atoms with Crippen molar-refractivity contribution >= 4 is 10.9 Å². The lowest BCUT2D eigenvalue weighted by Crippen LogP contribution is -2.42. The summed E-state index contributed by atoms with van der Waals surface area (Å²) in [7, 11) is 0. The lowest BCUT2D eigenvalue weighted by atomic mass is 9.79. The summed E-state index contributed by atoms with van der Waals surface area (Å²) in [5.41, 5.74) is 1.43. The molecular weight excluding hydrogens is 260 g/mol. The normalized spacial score (nSPS) is 26.1.